The molecule has 1 atom stereocenters. The summed E-state index contributed by atoms with van der Waals surface area (Å²) in [7, 11) is 3.99. The molecule has 0 aliphatic carbocycles. The number of hydrogen-bond acceptors (Lipinski definition) is 3. The van der Waals surface area contributed by atoms with Gasteiger partial charge >= 0.3 is 0 Å². The molecule has 0 fully saturated rings. The molecule has 1 aromatic heterocycles. The molecular weight excluding hydrogens is 306 g/mol. The summed E-state index contributed by atoms with van der Waals surface area (Å²) in [6.07, 6.45) is 1.06. The molecule has 0 aliphatic rings. The lowest BCUT2D eigenvalue weighted by molar-refractivity contribution is 0.0169. The fraction of sp³-hybridized carbons (Fsp3) is 0.786. The van der Waals surface area contributed by atoms with Gasteiger partial charge in [0, 0.05) is 18.5 Å². The van der Waals surface area contributed by atoms with Gasteiger partial charge in [0.25, 0.3) is 0 Å². The summed E-state index contributed by atoms with van der Waals surface area (Å²) in [6.45, 7) is 9.10. The van der Waals surface area contributed by atoms with Crippen molar-refractivity contribution >= 4 is 15.9 Å². The Balaban J connectivity index is 3.02. The Bertz CT molecular complexity index is 427. The lowest BCUT2D eigenvalue weighted by atomic mass is 9.92. The number of aliphatic hydroxyl groups is 1. The number of aliphatic hydroxyl groups excluding tert-OH is 1. The molecular formula is C14H26BrN3O. The number of likely N-dealkylation sites (N-methyl/N-ethyl adjacent to an activating group) is 1. The summed E-state index contributed by atoms with van der Waals surface area (Å²) in [5, 5.41) is 15.1. The molecule has 110 valence electrons. The summed E-state index contributed by atoms with van der Waals surface area (Å²) >= 11 is 3.63. The van der Waals surface area contributed by atoms with E-state index < -0.39 is 6.10 Å². The Morgan fingerprint density at radius 1 is 1.37 bits per heavy atom. The number of aryl methyl sites for hydroxylation is 2. The van der Waals surface area contributed by atoms with Crippen LogP contribution < -0.4 is 0 Å². The lowest BCUT2D eigenvalue weighted by Crippen LogP contribution is -2.49. The maximum atomic E-state index is 10.5. The van der Waals surface area contributed by atoms with E-state index in [4.69, 9.17) is 0 Å². The van der Waals surface area contributed by atoms with Crippen LogP contribution in [0.3, 0.4) is 0 Å². The highest BCUT2D eigenvalue weighted by molar-refractivity contribution is 9.10. The number of halogens is 1. The van der Waals surface area contributed by atoms with Crippen molar-refractivity contribution in [3.8, 4) is 0 Å². The van der Waals surface area contributed by atoms with Gasteiger partial charge in [-0.2, -0.15) is 5.10 Å². The first-order valence-electron chi connectivity index (χ1n) is 6.85. The monoisotopic (exact) mass is 331 g/mol. The van der Waals surface area contributed by atoms with Crippen LogP contribution in [0.1, 0.15) is 39.1 Å². The summed E-state index contributed by atoms with van der Waals surface area (Å²) in [4.78, 5) is 2.05. The molecule has 5 heteroatoms. The predicted molar refractivity (Wildman–Crippen MR) is 82.5 cm³/mol. The molecule has 19 heavy (non-hydrogen) atoms. The van der Waals surface area contributed by atoms with E-state index in [9.17, 15) is 5.11 Å². The summed E-state index contributed by atoms with van der Waals surface area (Å²) < 4.78 is 3.03. The summed E-state index contributed by atoms with van der Waals surface area (Å²) in [5.74, 6) is 0. The zero-order chi connectivity index (χ0) is 14.8. The Morgan fingerprint density at radius 3 is 2.37 bits per heavy atom. The van der Waals surface area contributed by atoms with Crippen molar-refractivity contribution < 1.29 is 5.11 Å². The van der Waals surface area contributed by atoms with Crippen LogP contribution in [0.2, 0.25) is 0 Å². The maximum Gasteiger partial charge on any atom is 0.0773 e. The molecule has 4 nitrogen and oxygen atoms in total. The van der Waals surface area contributed by atoms with Gasteiger partial charge in [0.15, 0.2) is 0 Å². The van der Waals surface area contributed by atoms with Crippen LogP contribution >= 0.6 is 15.9 Å². The second-order valence-electron chi connectivity index (χ2n) is 5.64. The van der Waals surface area contributed by atoms with Gasteiger partial charge in [-0.05, 0) is 57.2 Å². The second kappa shape index (κ2) is 6.37. The molecule has 1 unspecified atom stereocenters. The number of aromatic nitrogens is 2. The van der Waals surface area contributed by atoms with Gasteiger partial charge in [0.05, 0.1) is 22.0 Å². The third-order valence-corrected chi connectivity index (χ3v) is 4.96. The van der Waals surface area contributed by atoms with Crippen LogP contribution in [-0.2, 0) is 19.4 Å². The topological polar surface area (TPSA) is 41.3 Å². The molecule has 0 radical (unpaired) electrons. The van der Waals surface area contributed by atoms with E-state index in [2.05, 4.69) is 53.6 Å². The van der Waals surface area contributed by atoms with Crippen molar-refractivity contribution in [3.05, 3.63) is 15.9 Å². The highest BCUT2D eigenvalue weighted by Crippen LogP contribution is 2.27. The van der Waals surface area contributed by atoms with E-state index >= 15 is 0 Å². The van der Waals surface area contributed by atoms with E-state index in [0.29, 0.717) is 6.42 Å². The van der Waals surface area contributed by atoms with Gasteiger partial charge in [-0.1, -0.05) is 6.92 Å². The van der Waals surface area contributed by atoms with Crippen LogP contribution in [0, 0.1) is 0 Å². The van der Waals surface area contributed by atoms with Gasteiger partial charge in [-0.3, -0.25) is 4.68 Å². The lowest BCUT2D eigenvalue weighted by Gasteiger charge is -2.37. The van der Waals surface area contributed by atoms with E-state index in [0.717, 1.165) is 28.8 Å². The molecule has 0 amide bonds. The first kappa shape index (κ1) is 16.7. The van der Waals surface area contributed by atoms with Crippen molar-refractivity contribution in [1.29, 1.82) is 0 Å². The fourth-order valence-electron chi connectivity index (χ4n) is 1.94. The Kier molecular flexibility index (Phi) is 5.59. The Labute approximate surface area is 124 Å². The van der Waals surface area contributed by atoms with Crippen molar-refractivity contribution in [1.82, 2.24) is 14.7 Å². The van der Waals surface area contributed by atoms with Crippen LogP contribution in [0.5, 0.6) is 0 Å². The maximum absolute atomic E-state index is 10.5. The average molecular weight is 332 g/mol. The van der Waals surface area contributed by atoms with Crippen LogP contribution in [0.25, 0.3) is 0 Å². The van der Waals surface area contributed by atoms with Gasteiger partial charge in [-0.25, -0.2) is 0 Å². The third kappa shape index (κ3) is 3.38. The molecule has 1 aromatic rings. The van der Waals surface area contributed by atoms with Gasteiger partial charge in [-0.15, -0.1) is 0 Å². The molecule has 1 heterocycles. The molecule has 1 rings (SSSR count). The standard InChI is InChI=1S/C14H26BrN3O/c1-7-10-13(15)11(18(8-2)16-10)9-12(19)14(3,4)17(5)6/h12,19H,7-9H2,1-6H3. The van der Waals surface area contributed by atoms with Crippen LogP contribution in [0.4, 0.5) is 0 Å². The van der Waals surface area contributed by atoms with E-state index in [-0.39, 0.29) is 5.54 Å². The predicted octanol–water partition coefficient (Wildman–Crippen LogP) is 2.47. The molecule has 0 aromatic carbocycles. The van der Waals surface area contributed by atoms with E-state index in [1.807, 2.05) is 18.8 Å². The van der Waals surface area contributed by atoms with Crippen LogP contribution in [0.15, 0.2) is 4.47 Å². The SMILES string of the molecule is CCc1nn(CC)c(CC(O)C(C)(C)N(C)C)c1Br. The highest BCUT2D eigenvalue weighted by Gasteiger charge is 2.31. The zero-order valence-corrected chi connectivity index (χ0v) is 14.5. The van der Waals surface area contributed by atoms with E-state index in [1.165, 1.54) is 0 Å². The molecule has 0 bridgehead atoms. The number of rotatable bonds is 6. The minimum Gasteiger partial charge on any atom is -0.391 e. The second-order valence-corrected chi connectivity index (χ2v) is 6.44. The largest absolute Gasteiger partial charge is 0.391 e. The molecule has 0 spiro atoms. The number of nitrogens with zero attached hydrogens (tertiary/aromatic N) is 3. The Morgan fingerprint density at radius 2 is 1.95 bits per heavy atom. The summed E-state index contributed by atoms with van der Waals surface area (Å²) in [6, 6.07) is 0. The average Bonchev–Trinajstić information content (AvgIpc) is 2.65. The molecule has 0 aliphatic heterocycles. The molecule has 1 N–H and O–H groups in total. The fourth-order valence-corrected chi connectivity index (χ4v) is 2.67. The van der Waals surface area contributed by atoms with Gasteiger partial charge in [0.1, 0.15) is 0 Å². The van der Waals surface area contributed by atoms with Crippen molar-refractivity contribution in [2.75, 3.05) is 14.1 Å². The minimum absolute atomic E-state index is 0.269. The first-order chi connectivity index (χ1) is 8.75. The van der Waals surface area contributed by atoms with Gasteiger partial charge in [0.2, 0.25) is 0 Å². The van der Waals surface area contributed by atoms with Crippen LogP contribution in [-0.4, -0.2) is 45.5 Å². The van der Waals surface area contributed by atoms with Crippen molar-refractivity contribution in [2.45, 2.75) is 58.7 Å². The highest BCUT2D eigenvalue weighted by atomic mass is 79.9. The zero-order valence-electron chi connectivity index (χ0n) is 12.9. The third-order valence-electron chi connectivity index (χ3n) is 4.05. The minimum atomic E-state index is -0.439. The van der Waals surface area contributed by atoms with Crippen molar-refractivity contribution in [2.24, 2.45) is 0 Å². The normalized spacial score (nSPS) is 14.2. The van der Waals surface area contributed by atoms with E-state index in [1.54, 1.807) is 0 Å². The Hall–Kier alpha value is -0.390. The summed E-state index contributed by atoms with van der Waals surface area (Å²) in [5.41, 5.74) is 1.88. The number of hydrogen-bond donors (Lipinski definition) is 1. The molecule has 0 saturated carbocycles. The smallest absolute Gasteiger partial charge is 0.0773 e. The van der Waals surface area contributed by atoms with Crippen molar-refractivity contribution in [3.63, 3.8) is 0 Å². The van der Waals surface area contributed by atoms with Gasteiger partial charge < -0.3 is 10.0 Å². The quantitative estimate of drug-likeness (QED) is 0.870. The molecule has 0 saturated heterocycles. The first-order valence-corrected chi connectivity index (χ1v) is 7.64.